The van der Waals surface area contributed by atoms with Crippen molar-refractivity contribution < 1.29 is 14.0 Å². The van der Waals surface area contributed by atoms with Crippen LogP contribution in [0.2, 0.25) is 0 Å². The third-order valence-corrected chi connectivity index (χ3v) is 5.73. The molecule has 150 valence electrons. The predicted octanol–water partition coefficient (Wildman–Crippen LogP) is 2.32. The van der Waals surface area contributed by atoms with Gasteiger partial charge in [-0.2, -0.15) is 0 Å². The normalized spacial score (nSPS) is 16.5. The van der Waals surface area contributed by atoms with Crippen molar-refractivity contribution in [3.05, 3.63) is 52.5 Å². The number of hydrogen-bond donors (Lipinski definition) is 2. The molecular formula is C20H25FN4O2S. The Morgan fingerprint density at radius 2 is 1.64 bits per heavy atom. The Bertz CT molecular complexity index is 774. The Kier molecular flexibility index (Phi) is 7.13. The molecule has 28 heavy (non-hydrogen) atoms. The molecule has 0 unspecified atom stereocenters. The predicted molar refractivity (Wildman–Crippen MR) is 109 cm³/mol. The first-order chi connectivity index (χ1) is 13.5. The van der Waals surface area contributed by atoms with Crippen LogP contribution >= 0.6 is 11.3 Å². The summed E-state index contributed by atoms with van der Waals surface area (Å²) in [6, 6.07) is 9.74. The highest BCUT2D eigenvalue weighted by Crippen LogP contribution is 2.18. The summed E-state index contributed by atoms with van der Waals surface area (Å²) >= 11 is 1.63. The molecular weight excluding hydrogens is 379 g/mol. The minimum atomic E-state index is -0.331. The molecule has 2 aromatic rings. The van der Waals surface area contributed by atoms with E-state index in [1.165, 1.54) is 12.1 Å². The molecule has 0 spiro atoms. The third-order valence-electron chi connectivity index (χ3n) is 4.67. The second-order valence-corrected chi connectivity index (χ2v) is 7.89. The van der Waals surface area contributed by atoms with E-state index in [1.54, 1.807) is 23.5 Å². The standard InChI is InChI=1S/C20H25FN4O2S/c1-15(18-3-2-12-28-18)22-19(26)13-24-8-10-25(11-9-24)14-20(27)23-17-6-4-16(21)5-7-17/h2-7,12,15H,8-11,13-14H2,1H3,(H,22,26)(H,23,27)/t15-/m1/s1. The molecule has 0 bridgehead atoms. The summed E-state index contributed by atoms with van der Waals surface area (Å²) in [4.78, 5) is 29.7. The monoisotopic (exact) mass is 404 g/mol. The lowest BCUT2D eigenvalue weighted by Gasteiger charge is -2.34. The molecule has 0 radical (unpaired) electrons. The van der Waals surface area contributed by atoms with Gasteiger partial charge in [0.25, 0.3) is 0 Å². The third kappa shape index (κ3) is 6.12. The second kappa shape index (κ2) is 9.77. The van der Waals surface area contributed by atoms with Crippen LogP contribution in [0.25, 0.3) is 0 Å². The van der Waals surface area contributed by atoms with Crippen LogP contribution in [0.5, 0.6) is 0 Å². The second-order valence-electron chi connectivity index (χ2n) is 6.91. The van der Waals surface area contributed by atoms with E-state index < -0.39 is 0 Å². The fraction of sp³-hybridized carbons (Fsp3) is 0.400. The minimum Gasteiger partial charge on any atom is -0.348 e. The first kappa shape index (κ1) is 20.4. The van der Waals surface area contributed by atoms with Crippen LogP contribution < -0.4 is 10.6 Å². The number of rotatable bonds is 7. The summed E-state index contributed by atoms with van der Waals surface area (Å²) in [5.74, 6) is -0.436. The molecule has 6 nitrogen and oxygen atoms in total. The van der Waals surface area contributed by atoms with Crippen molar-refractivity contribution in [1.82, 2.24) is 15.1 Å². The number of hydrogen-bond acceptors (Lipinski definition) is 5. The Morgan fingerprint density at radius 1 is 1.04 bits per heavy atom. The van der Waals surface area contributed by atoms with Crippen LogP contribution in [0.3, 0.4) is 0 Å². The molecule has 1 aliphatic rings. The summed E-state index contributed by atoms with van der Waals surface area (Å²) in [5, 5.41) is 7.80. The smallest absolute Gasteiger partial charge is 0.238 e. The average molecular weight is 405 g/mol. The number of carbonyl (C=O) groups excluding carboxylic acids is 2. The molecule has 2 heterocycles. The maximum atomic E-state index is 12.9. The van der Waals surface area contributed by atoms with Gasteiger partial charge < -0.3 is 10.6 Å². The zero-order valence-corrected chi connectivity index (χ0v) is 16.7. The van der Waals surface area contributed by atoms with E-state index in [4.69, 9.17) is 0 Å². The number of thiophene rings is 1. The van der Waals surface area contributed by atoms with Gasteiger partial charge in [-0.3, -0.25) is 19.4 Å². The first-order valence-corrected chi connectivity index (χ1v) is 10.2. The van der Waals surface area contributed by atoms with E-state index in [-0.39, 0.29) is 30.2 Å². The maximum absolute atomic E-state index is 12.9. The lowest BCUT2D eigenvalue weighted by Crippen LogP contribution is -2.51. The Morgan fingerprint density at radius 3 is 2.21 bits per heavy atom. The number of carbonyl (C=O) groups is 2. The number of amides is 2. The highest BCUT2D eigenvalue weighted by molar-refractivity contribution is 7.10. The zero-order chi connectivity index (χ0) is 19.9. The van der Waals surface area contributed by atoms with Gasteiger partial charge in [-0.05, 0) is 42.6 Å². The number of nitrogens with one attached hydrogen (secondary N) is 2. The van der Waals surface area contributed by atoms with Crippen LogP contribution in [-0.4, -0.2) is 60.9 Å². The van der Waals surface area contributed by atoms with Crippen LogP contribution in [0.15, 0.2) is 41.8 Å². The molecule has 0 aliphatic carbocycles. The molecule has 0 saturated carbocycles. The molecule has 1 aromatic heterocycles. The van der Waals surface area contributed by atoms with Crippen molar-refractivity contribution in [3.63, 3.8) is 0 Å². The van der Waals surface area contributed by atoms with Gasteiger partial charge in [0.15, 0.2) is 0 Å². The fourth-order valence-electron chi connectivity index (χ4n) is 3.14. The Balaban J connectivity index is 1.36. The van der Waals surface area contributed by atoms with E-state index in [2.05, 4.69) is 20.4 Å². The Labute approximate surface area is 168 Å². The first-order valence-electron chi connectivity index (χ1n) is 9.32. The van der Waals surface area contributed by atoms with Gasteiger partial charge in [-0.15, -0.1) is 11.3 Å². The highest BCUT2D eigenvalue weighted by atomic mass is 32.1. The van der Waals surface area contributed by atoms with E-state index in [0.29, 0.717) is 12.2 Å². The van der Waals surface area contributed by atoms with Gasteiger partial charge in [0.05, 0.1) is 19.1 Å². The van der Waals surface area contributed by atoms with E-state index in [0.717, 1.165) is 31.1 Å². The number of nitrogens with zero attached hydrogens (tertiary/aromatic N) is 2. The SMILES string of the molecule is C[C@@H](NC(=O)CN1CCN(CC(=O)Nc2ccc(F)cc2)CC1)c1cccs1. The van der Waals surface area contributed by atoms with Crippen molar-refractivity contribution in [3.8, 4) is 0 Å². The molecule has 1 aromatic carbocycles. The van der Waals surface area contributed by atoms with Crippen molar-refractivity contribution in [2.45, 2.75) is 13.0 Å². The molecule has 1 fully saturated rings. The number of piperazine rings is 1. The minimum absolute atomic E-state index is 0.0170. The van der Waals surface area contributed by atoms with Crippen molar-refractivity contribution in [2.75, 3.05) is 44.6 Å². The van der Waals surface area contributed by atoms with E-state index in [9.17, 15) is 14.0 Å². The van der Waals surface area contributed by atoms with Crippen LogP contribution in [0.4, 0.5) is 10.1 Å². The summed E-state index contributed by atoms with van der Waals surface area (Å²) in [6.07, 6.45) is 0. The molecule has 1 aliphatic heterocycles. The van der Waals surface area contributed by atoms with Crippen LogP contribution in [0.1, 0.15) is 17.8 Å². The topological polar surface area (TPSA) is 64.7 Å². The largest absolute Gasteiger partial charge is 0.348 e. The summed E-state index contributed by atoms with van der Waals surface area (Å²) in [5.41, 5.74) is 0.585. The number of halogens is 1. The van der Waals surface area contributed by atoms with Crippen molar-refractivity contribution in [1.29, 1.82) is 0 Å². The summed E-state index contributed by atoms with van der Waals surface area (Å²) in [7, 11) is 0. The fourth-order valence-corrected chi connectivity index (χ4v) is 3.88. The molecule has 2 N–H and O–H groups in total. The zero-order valence-electron chi connectivity index (χ0n) is 15.9. The molecule has 2 amide bonds. The average Bonchev–Trinajstić information content (AvgIpc) is 3.20. The van der Waals surface area contributed by atoms with Crippen molar-refractivity contribution in [2.24, 2.45) is 0 Å². The van der Waals surface area contributed by atoms with Gasteiger partial charge in [0.1, 0.15) is 5.82 Å². The lowest BCUT2D eigenvalue weighted by molar-refractivity contribution is -0.124. The van der Waals surface area contributed by atoms with Gasteiger partial charge in [0.2, 0.25) is 11.8 Å². The molecule has 8 heteroatoms. The van der Waals surface area contributed by atoms with Crippen LogP contribution in [-0.2, 0) is 9.59 Å². The number of benzene rings is 1. The van der Waals surface area contributed by atoms with E-state index >= 15 is 0 Å². The summed E-state index contributed by atoms with van der Waals surface area (Å²) in [6.45, 7) is 5.57. The summed E-state index contributed by atoms with van der Waals surface area (Å²) < 4.78 is 12.9. The van der Waals surface area contributed by atoms with Gasteiger partial charge in [-0.25, -0.2) is 4.39 Å². The van der Waals surface area contributed by atoms with E-state index in [1.807, 2.05) is 24.4 Å². The molecule has 3 rings (SSSR count). The number of anilines is 1. The van der Waals surface area contributed by atoms with Gasteiger partial charge in [-0.1, -0.05) is 6.07 Å². The molecule has 1 atom stereocenters. The quantitative estimate of drug-likeness (QED) is 0.743. The highest BCUT2D eigenvalue weighted by Gasteiger charge is 2.21. The Hall–Kier alpha value is -2.29. The van der Waals surface area contributed by atoms with Crippen LogP contribution in [0, 0.1) is 5.82 Å². The van der Waals surface area contributed by atoms with Gasteiger partial charge in [0, 0.05) is 36.7 Å². The van der Waals surface area contributed by atoms with Gasteiger partial charge >= 0.3 is 0 Å². The lowest BCUT2D eigenvalue weighted by atomic mass is 10.2. The maximum Gasteiger partial charge on any atom is 0.238 e. The molecule has 1 saturated heterocycles. The van der Waals surface area contributed by atoms with Crippen molar-refractivity contribution >= 4 is 28.8 Å².